The highest BCUT2D eigenvalue weighted by molar-refractivity contribution is 6.34. The number of nitrogens with one attached hydrogen (secondary N) is 2. The number of halogens is 1. The number of allylic oxidation sites excluding steroid dienone is 1. The second-order valence-electron chi connectivity index (χ2n) is 6.60. The number of hydrogen-bond donors (Lipinski definition) is 2. The van der Waals surface area contributed by atoms with Gasteiger partial charge in [0.2, 0.25) is 0 Å². The summed E-state index contributed by atoms with van der Waals surface area (Å²) in [5.74, 6) is 0.719. The highest BCUT2D eigenvalue weighted by atomic mass is 35.5. The van der Waals surface area contributed by atoms with Crippen LogP contribution in [0, 0.1) is 0 Å². The van der Waals surface area contributed by atoms with Crippen LogP contribution in [0.25, 0.3) is 22.2 Å². The molecule has 122 valence electrons. The Hall–Kier alpha value is -2.26. The molecule has 1 aliphatic rings. The third-order valence-corrected chi connectivity index (χ3v) is 4.77. The van der Waals surface area contributed by atoms with Gasteiger partial charge < -0.3 is 10.3 Å². The maximum absolute atomic E-state index is 6.51. The molecule has 3 nitrogen and oxygen atoms in total. The molecule has 3 aromatic rings. The SMILES string of the molecule is C=C(C)NCc1cc2cc(Cl)c(-c3ccc(C4CC4)cn3)cc2[nH]1. The normalized spacial score (nSPS) is 14.1. The van der Waals surface area contributed by atoms with Crippen LogP contribution >= 0.6 is 11.6 Å². The maximum Gasteiger partial charge on any atom is 0.0717 e. The quantitative estimate of drug-likeness (QED) is 0.655. The third-order valence-electron chi connectivity index (χ3n) is 4.46. The molecule has 1 fully saturated rings. The number of hydrogen-bond acceptors (Lipinski definition) is 2. The van der Waals surface area contributed by atoms with E-state index in [4.69, 9.17) is 11.6 Å². The fraction of sp³-hybridized carbons (Fsp3) is 0.250. The lowest BCUT2D eigenvalue weighted by molar-refractivity contribution is 0.798. The van der Waals surface area contributed by atoms with Crippen LogP contribution in [0.1, 0.15) is 36.9 Å². The first-order chi connectivity index (χ1) is 11.6. The molecule has 0 bridgehead atoms. The monoisotopic (exact) mass is 337 g/mol. The summed E-state index contributed by atoms with van der Waals surface area (Å²) in [5, 5.41) is 5.07. The number of aromatic nitrogens is 2. The molecule has 2 heterocycles. The van der Waals surface area contributed by atoms with E-state index in [1.54, 1.807) is 0 Å². The Kier molecular flexibility index (Phi) is 3.81. The largest absolute Gasteiger partial charge is 0.383 e. The standard InChI is InChI=1S/C20H20ClN3/c1-12(2)22-11-16-7-15-8-18(21)17(9-20(15)24-16)19-6-5-14(10-23-19)13-3-4-13/h5-10,13,22,24H,1,3-4,11H2,2H3. The summed E-state index contributed by atoms with van der Waals surface area (Å²) in [4.78, 5) is 8.06. The Bertz CT molecular complexity index is 905. The van der Waals surface area contributed by atoms with Crippen molar-refractivity contribution in [3.63, 3.8) is 0 Å². The van der Waals surface area contributed by atoms with Crippen LogP contribution in [0.5, 0.6) is 0 Å². The van der Waals surface area contributed by atoms with Crippen molar-refractivity contribution in [1.82, 2.24) is 15.3 Å². The van der Waals surface area contributed by atoms with E-state index in [9.17, 15) is 0 Å². The Morgan fingerprint density at radius 1 is 1.33 bits per heavy atom. The first-order valence-electron chi connectivity index (χ1n) is 8.27. The van der Waals surface area contributed by atoms with Gasteiger partial charge in [0, 0.05) is 34.1 Å². The molecule has 2 N–H and O–H groups in total. The molecule has 0 atom stereocenters. The van der Waals surface area contributed by atoms with Crippen LogP contribution in [0.3, 0.4) is 0 Å². The van der Waals surface area contributed by atoms with Crippen molar-refractivity contribution >= 4 is 22.5 Å². The Labute approximate surface area is 146 Å². The number of rotatable bonds is 5. The smallest absolute Gasteiger partial charge is 0.0717 e. The molecule has 0 unspecified atom stereocenters. The van der Waals surface area contributed by atoms with Crippen LogP contribution in [0.15, 0.2) is 48.8 Å². The summed E-state index contributed by atoms with van der Waals surface area (Å²) in [6.45, 7) is 6.54. The highest BCUT2D eigenvalue weighted by Gasteiger charge is 2.23. The number of aromatic amines is 1. The zero-order valence-corrected chi connectivity index (χ0v) is 14.5. The minimum atomic E-state index is 0.719. The molecule has 0 spiro atoms. The lowest BCUT2D eigenvalue weighted by Gasteiger charge is -2.06. The van der Waals surface area contributed by atoms with Gasteiger partial charge in [0.15, 0.2) is 0 Å². The van der Waals surface area contributed by atoms with Crippen LogP contribution < -0.4 is 5.32 Å². The van der Waals surface area contributed by atoms with Crippen LogP contribution in [-0.2, 0) is 6.54 Å². The Morgan fingerprint density at radius 2 is 2.17 bits per heavy atom. The van der Waals surface area contributed by atoms with Gasteiger partial charge in [0.25, 0.3) is 0 Å². The molecule has 4 rings (SSSR count). The lowest BCUT2D eigenvalue weighted by atomic mass is 10.1. The predicted octanol–water partition coefficient (Wildman–Crippen LogP) is 5.38. The van der Waals surface area contributed by atoms with E-state index in [1.165, 1.54) is 18.4 Å². The highest BCUT2D eigenvalue weighted by Crippen LogP contribution is 2.40. The molecule has 1 saturated carbocycles. The van der Waals surface area contributed by atoms with Gasteiger partial charge in [-0.05, 0) is 55.5 Å². The van der Waals surface area contributed by atoms with E-state index in [0.29, 0.717) is 0 Å². The molecular weight excluding hydrogens is 318 g/mol. The van der Waals surface area contributed by atoms with Crippen LogP contribution in [0.4, 0.5) is 0 Å². The summed E-state index contributed by atoms with van der Waals surface area (Å²) in [7, 11) is 0. The molecule has 0 amide bonds. The van der Waals surface area contributed by atoms with E-state index in [0.717, 1.165) is 51.0 Å². The molecule has 1 aromatic carbocycles. The third kappa shape index (κ3) is 3.04. The van der Waals surface area contributed by atoms with Crippen molar-refractivity contribution in [3.05, 3.63) is 65.1 Å². The topological polar surface area (TPSA) is 40.7 Å². The average molecular weight is 338 g/mol. The fourth-order valence-electron chi connectivity index (χ4n) is 2.97. The zero-order chi connectivity index (χ0) is 16.7. The van der Waals surface area contributed by atoms with Gasteiger partial charge in [-0.15, -0.1) is 0 Å². The first-order valence-corrected chi connectivity index (χ1v) is 8.65. The summed E-state index contributed by atoms with van der Waals surface area (Å²) in [6, 6.07) is 10.5. The van der Waals surface area contributed by atoms with Crippen molar-refractivity contribution < 1.29 is 0 Å². The second kappa shape index (κ2) is 5.99. The van der Waals surface area contributed by atoms with Crippen LogP contribution in [0.2, 0.25) is 5.02 Å². The average Bonchev–Trinajstić information content (AvgIpc) is 3.33. The van der Waals surface area contributed by atoms with Gasteiger partial charge >= 0.3 is 0 Å². The number of pyridine rings is 1. The number of benzene rings is 1. The minimum absolute atomic E-state index is 0.719. The molecule has 0 aliphatic heterocycles. The molecule has 24 heavy (non-hydrogen) atoms. The van der Waals surface area contributed by atoms with Gasteiger partial charge in [-0.3, -0.25) is 4.98 Å². The van der Waals surface area contributed by atoms with E-state index >= 15 is 0 Å². The number of fused-ring (bicyclic) bond motifs is 1. The zero-order valence-electron chi connectivity index (χ0n) is 13.7. The van der Waals surface area contributed by atoms with Gasteiger partial charge in [-0.25, -0.2) is 0 Å². The summed E-state index contributed by atoms with van der Waals surface area (Å²) in [6.07, 6.45) is 4.57. The van der Waals surface area contributed by atoms with E-state index in [1.807, 2.05) is 19.2 Å². The van der Waals surface area contributed by atoms with E-state index in [2.05, 4.69) is 46.1 Å². The van der Waals surface area contributed by atoms with Crippen molar-refractivity contribution in [2.75, 3.05) is 0 Å². The van der Waals surface area contributed by atoms with Gasteiger partial charge in [-0.2, -0.15) is 0 Å². The van der Waals surface area contributed by atoms with E-state index < -0.39 is 0 Å². The van der Waals surface area contributed by atoms with Crippen molar-refractivity contribution in [3.8, 4) is 11.3 Å². The van der Waals surface area contributed by atoms with Gasteiger partial charge in [0.1, 0.15) is 0 Å². The number of nitrogens with zero attached hydrogens (tertiary/aromatic N) is 1. The van der Waals surface area contributed by atoms with Gasteiger partial charge in [-0.1, -0.05) is 24.2 Å². The Morgan fingerprint density at radius 3 is 2.83 bits per heavy atom. The van der Waals surface area contributed by atoms with Crippen molar-refractivity contribution in [1.29, 1.82) is 0 Å². The minimum Gasteiger partial charge on any atom is -0.383 e. The Balaban J connectivity index is 1.67. The summed E-state index contributed by atoms with van der Waals surface area (Å²) < 4.78 is 0. The molecule has 0 saturated heterocycles. The molecular formula is C20H20ClN3. The van der Waals surface area contributed by atoms with Crippen molar-refractivity contribution in [2.24, 2.45) is 0 Å². The lowest BCUT2D eigenvalue weighted by Crippen LogP contribution is -2.09. The molecule has 1 aliphatic carbocycles. The van der Waals surface area contributed by atoms with Crippen LogP contribution in [-0.4, -0.2) is 9.97 Å². The second-order valence-corrected chi connectivity index (χ2v) is 7.01. The van der Waals surface area contributed by atoms with Crippen molar-refractivity contribution in [2.45, 2.75) is 32.2 Å². The summed E-state index contributed by atoms with van der Waals surface area (Å²) >= 11 is 6.51. The predicted molar refractivity (Wildman–Crippen MR) is 100 cm³/mol. The first kappa shape index (κ1) is 15.3. The molecule has 2 aromatic heterocycles. The fourth-order valence-corrected chi connectivity index (χ4v) is 3.24. The summed E-state index contributed by atoms with van der Waals surface area (Å²) in [5.41, 5.74) is 6.35. The molecule has 4 heteroatoms. The number of H-pyrrole nitrogens is 1. The maximum atomic E-state index is 6.51. The van der Waals surface area contributed by atoms with E-state index in [-0.39, 0.29) is 0 Å². The molecule has 0 radical (unpaired) electrons. The van der Waals surface area contributed by atoms with Gasteiger partial charge in [0.05, 0.1) is 17.3 Å².